The average molecular weight is 452 g/mol. The monoisotopic (exact) mass is 451 g/mol. The number of aryl methyl sites for hydroxylation is 1. The molecule has 158 valence electrons. The summed E-state index contributed by atoms with van der Waals surface area (Å²) in [5, 5.41) is 1.27. The van der Waals surface area contributed by atoms with Gasteiger partial charge in [-0.2, -0.15) is 0 Å². The van der Waals surface area contributed by atoms with Crippen LogP contribution in [0.1, 0.15) is 35.5 Å². The van der Waals surface area contributed by atoms with Gasteiger partial charge in [-0.05, 0) is 74.9 Å². The summed E-state index contributed by atoms with van der Waals surface area (Å²) in [6.45, 7) is 6.22. The molecule has 0 fully saturated rings. The topological polar surface area (TPSA) is 55.3 Å². The number of rotatable bonds is 6. The number of halogens is 1. The number of carbonyl (C=O) groups excluding carboxylic acids is 1. The molecule has 0 radical (unpaired) electrons. The first-order valence-corrected chi connectivity index (χ1v) is 11.2. The maximum absolute atomic E-state index is 13.5. The molecule has 0 N–H and O–H groups in total. The van der Waals surface area contributed by atoms with Crippen molar-refractivity contribution in [3.8, 4) is 5.75 Å². The summed E-state index contributed by atoms with van der Waals surface area (Å²) in [6, 6.07) is 16.6. The van der Waals surface area contributed by atoms with Gasteiger partial charge in [0, 0.05) is 16.8 Å². The van der Waals surface area contributed by atoms with Gasteiger partial charge in [-0.15, -0.1) is 0 Å². The lowest BCUT2D eigenvalue weighted by Crippen LogP contribution is -2.30. The van der Waals surface area contributed by atoms with Gasteiger partial charge in [-0.3, -0.25) is 14.7 Å². The van der Waals surface area contributed by atoms with Crippen LogP contribution in [0.15, 0.2) is 60.8 Å². The molecule has 31 heavy (non-hydrogen) atoms. The van der Waals surface area contributed by atoms with E-state index in [9.17, 15) is 4.79 Å². The molecule has 0 atom stereocenters. The van der Waals surface area contributed by atoms with E-state index >= 15 is 0 Å². The van der Waals surface area contributed by atoms with Crippen molar-refractivity contribution in [3.63, 3.8) is 0 Å². The molecule has 5 nitrogen and oxygen atoms in total. The quantitative estimate of drug-likeness (QED) is 0.345. The number of nitrogens with zero attached hydrogens (tertiary/aromatic N) is 3. The van der Waals surface area contributed by atoms with Crippen LogP contribution in [0.2, 0.25) is 5.02 Å². The summed E-state index contributed by atoms with van der Waals surface area (Å²) in [5.41, 5.74) is 3.17. The van der Waals surface area contributed by atoms with Gasteiger partial charge in [0.05, 0.1) is 28.6 Å². The summed E-state index contributed by atoms with van der Waals surface area (Å²) < 4.78 is 6.64. The highest BCUT2D eigenvalue weighted by molar-refractivity contribution is 7.22. The van der Waals surface area contributed by atoms with Crippen LogP contribution >= 0.6 is 22.9 Å². The molecular formula is C24H22ClN3O2S. The molecule has 1 amide bonds. The Hall–Kier alpha value is -2.96. The highest BCUT2D eigenvalue weighted by Crippen LogP contribution is 2.34. The third kappa shape index (κ3) is 4.86. The zero-order valence-electron chi connectivity index (χ0n) is 17.5. The van der Waals surface area contributed by atoms with Crippen molar-refractivity contribution in [2.24, 2.45) is 0 Å². The Kier molecular flexibility index (Phi) is 6.20. The number of thiazole rings is 1. The maximum Gasteiger partial charge on any atom is 0.260 e. The van der Waals surface area contributed by atoms with Crippen LogP contribution in [0, 0.1) is 6.92 Å². The van der Waals surface area contributed by atoms with Crippen LogP contribution in [-0.2, 0) is 6.54 Å². The van der Waals surface area contributed by atoms with Crippen molar-refractivity contribution in [3.05, 3.63) is 82.6 Å². The van der Waals surface area contributed by atoms with Crippen LogP contribution in [0.5, 0.6) is 5.75 Å². The van der Waals surface area contributed by atoms with E-state index in [1.807, 2.05) is 63.2 Å². The molecule has 0 bridgehead atoms. The maximum atomic E-state index is 13.5. The lowest BCUT2D eigenvalue weighted by Gasteiger charge is -2.20. The van der Waals surface area contributed by atoms with Gasteiger partial charge >= 0.3 is 0 Å². The summed E-state index contributed by atoms with van der Waals surface area (Å²) >= 11 is 7.67. The molecule has 0 saturated carbocycles. The van der Waals surface area contributed by atoms with Gasteiger partial charge in [0.2, 0.25) is 0 Å². The predicted molar refractivity (Wildman–Crippen MR) is 126 cm³/mol. The number of amides is 1. The van der Waals surface area contributed by atoms with Crippen LogP contribution in [0.25, 0.3) is 10.2 Å². The van der Waals surface area contributed by atoms with Crippen molar-refractivity contribution in [2.45, 2.75) is 33.4 Å². The van der Waals surface area contributed by atoms with Crippen molar-refractivity contribution in [1.29, 1.82) is 0 Å². The van der Waals surface area contributed by atoms with Crippen molar-refractivity contribution in [1.82, 2.24) is 9.97 Å². The Balaban J connectivity index is 1.72. The first-order valence-electron chi connectivity index (χ1n) is 9.96. The van der Waals surface area contributed by atoms with Gasteiger partial charge in [0.25, 0.3) is 5.91 Å². The Labute approximate surface area is 190 Å². The molecule has 0 spiro atoms. The lowest BCUT2D eigenvalue weighted by molar-refractivity contribution is 0.0984. The number of carbonyl (C=O) groups is 1. The molecule has 4 rings (SSSR count). The average Bonchev–Trinajstić information content (AvgIpc) is 3.16. The molecule has 0 saturated heterocycles. The van der Waals surface area contributed by atoms with Crippen LogP contribution in [0.4, 0.5) is 5.13 Å². The van der Waals surface area contributed by atoms with E-state index in [2.05, 4.69) is 4.98 Å². The molecule has 4 aromatic rings. The molecule has 0 aliphatic carbocycles. The minimum absolute atomic E-state index is 0.0695. The van der Waals surface area contributed by atoms with E-state index < -0.39 is 0 Å². The van der Waals surface area contributed by atoms with E-state index in [1.165, 1.54) is 11.3 Å². The minimum atomic E-state index is -0.149. The van der Waals surface area contributed by atoms with Gasteiger partial charge in [0.1, 0.15) is 5.75 Å². The number of hydrogen-bond acceptors (Lipinski definition) is 5. The number of hydrogen-bond donors (Lipinski definition) is 0. The molecule has 0 aliphatic rings. The second-order valence-corrected chi connectivity index (χ2v) is 8.91. The van der Waals surface area contributed by atoms with E-state index in [1.54, 1.807) is 23.2 Å². The number of ether oxygens (including phenoxy) is 1. The second kappa shape index (κ2) is 9.04. The Morgan fingerprint density at radius 3 is 2.61 bits per heavy atom. The normalized spacial score (nSPS) is 11.1. The molecule has 2 aromatic carbocycles. The smallest absolute Gasteiger partial charge is 0.260 e. The largest absolute Gasteiger partial charge is 0.491 e. The SMILES string of the molecule is Cc1cc(Cl)cc2sc(N(Cc3ccccn3)C(=O)c3ccc(OC(C)C)cc3)nc12. The van der Waals surface area contributed by atoms with E-state index in [0.29, 0.717) is 22.3 Å². The number of anilines is 1. The summed E-state index contributed by atoms with van der Waals surface area (Å²) in [5.74, 6) is 0.581. The first-order chi connectivity index (χ1) is 14.9. The van der Waals surface area contributed by atoms with Crippen molar-refractivity contribution in [2.75, 3.05) is 4.90 Å². The van der Waals surface area contributed by atoms with E-state index in [4.69, 9.17) is 21.3 Å². The van der Waals surface area contributed by atoms with Crippen LogP contribution in [-0.4, -0.2) is 22.0 Å². The Morgan fingerprint density at radius 1 is 1.16 bits per heavy atom. The second-order valence-electron chi connectivity index (χ2n) is 7.47. The molecule has 0 aliphatic heterocycles. The summed E-state index contributed by atoms with van der Waals surface area (Å²) in [6.07, 6.45) is 1.79. The van der Waals surface area contributed by atoms with E-state index in [-0.39, 0.29) is 12.0 Å². The first kappa shape index (κ1) is 21.3. The Morgan fingerprint density at radius 2 is 1.94 bits per heavy atom. The van der Waals surface area contributed by atoms with E-state index in [0.717, 1.165) is 27.2 Å². The van der Waals surface area contributed by atoms with Crippen LogP contribution in [0.3, 0.4) is 0 Å². The number of pyridine rings is 1. The molecule has 7 heteroatoms. The van der Waals surface area contributed by atoms with Gasteiger partial charge < -0.3 is 4.74 Å². The third-order valence-electron chi connectivity index (χ3n) is 4.63. The van der Waals surface area contributed by atoms with Crippen molar-refractivity contribution >= 4 is 44.2 Å². The fourth-order valence-corrected chi connectivity index (χ4v) is 4.66. The fourth-order valence-electron chi connectivity index (χ4n) is 3.24. The minimum Gasteiger partial charge on any atom is -0.491 e. The molecule has 0 unspecified atom stereocenters. The number of benzene rings is 2. The molecule has 2 heterocycles. The van der Waals surface area contributed by atoms with Gasteiger partial charge in [-0.1, -0.05) is 29.0 Å². The van der Waals surface area contributed by atoms with Gasteiger partial charge in [0.15, 0.2) is 5.13 Å². The summed E-state index contributed by atoms with van der Waals surface area (Å²) in [7, 11) is 0. The standard InChI is InChI=1S/C24H22ClN3O2S/c1-15(2)30-20-9-7-17(8-10-20)23(29)28(14-19-6-4-5-11-26-19)24-27-22-16(3)12-18(25)13-21(22)31-24/h4-13,15H,14H2,1-3H3. The zero-order valence-corrected chi connectivity index (χ0v) is 19.1. The third-order valence-corrected chi connectivity index (χ3v) is 5.88. The van der Waals surface area contributed by atoms with Crippen molar-refractivity contribution < 1.29 is 9.53 Å². The lowest BCUT2D eigenvalue weighted by atomic mass is 10.2. The van der Waals surface area contributed by atoms with Crippen LogP contribution < -0.4 is 9.64 Å². The number of aromatic nitrogens is 2. The predicted octanol–water partition coefficient (Wildman–Crippen LogP) is 6.29. The number of fused-ring (bicyclic) bond motifs is 1. The summed E-state index contributed by atoms with van der Waals surface area (Å²) in [4.78, 5) is 24.3. The molecule has 2 aromatic heterocycles. The zero-order chi connectivity index (χ0) is 22.0. The highest BCUT2D eigenvalue weighted by Gasteiger charge is 2.23. The fraction of sp³-hybridized carbons (Fsp3) is 0.208. The molecular weight excluding hydrogens is 430 g/mol. The van der Waals surface area contributed by atoms with Gasteiger partial charge in [-0.25, -0.2) is 4.98 Å². The highest BCUT2D eigenvalue weighted by atomic mass is 35.5. The Bertz CT molecular complexity index is 1210.